The molecule has 2 rings (SSSR count). The maximum Gasteiger partial charge on any atom is 0.227 e. The van der Waals surface area contributed by atoms with E-state index >= 15 is 0 Å². The van der Waals surface area contributed by atoms with Crippen molar-refractivity contribution < 1.29 is 0 Å². The maximum atomic E-state index is 4.47. The van der Waals surface area contributed by atoms with Crippen molar-refractivity contribution >= 4 is 34.4 Å². The number of anilines is 2. The van der Waals surface area contributed by atoms with Crippen LogP contribution in [0, 0.1) is 3.57 Å². The highest BCUT2D eigenvalue weighted by molar-refractivity contribution is 14.1. The van der Waals surface area contributed by atoms with E-state index in [2.05, 4.69) is 42.8 Å². The molecule has 2 heterocycles. The monoisotopic (exact) mass is 304 g/mol. The van der Waals surface area contributed by atoms with Gasteiger partial charge in [-0.25, -0.2) is 4.98 Å². The Labute approximate surface area is 97.3 Å². The van der Waals surface area contributed by atoms with E-state index < -0.39 is 0 Å². The average molecular weight is 304 g/mol. The first kappa shape index (κ1) is 9.95. The van der Waals surface area contributed by atoms with Crippen molar-refractivity contribution in [1.82, 2.24) is 9.97 Å². The van der Waals surface area contributed by atoms with Crippen LogP contribution in [0.3, 0.4) is 0 Å². The van der Waals surface area contributed by atoms with Gasteiger partial charge in [-0.2, -0.15) is 4.98 Å². The SMILES string of the molecule is CNc1nc(N2CCCC2)ncc1I. The fraction of sp³-hybridized carbons (Fsp3) is 0.556. The summed E-state index contributed by atoms with van der Waals surface area (Å²) in [6, 6.07) is 0. The zero-order valence-corrected chi connectivity index (χ0v) is 10.3. The predicted octanol–water partition coefficient (Wildman–Crippen LogP) is 1.72. The molecule has 1 N–H and O–H groups in total. The van der Waals surface area contributed by atoms with Gasteiger partial charge in [-0.15, -0.1) is 0 Å². The summed E-state index contributed by atoms with van der Waals surface area (Å²) in [7, 11) is 1.89. The fourth-order valence-corrected chi connectivity index (χ4v) is 2.13. The Balaban J connectivity index is 2.25. The molecule has 0 atom stereocenters. The largest absolute Gasteiger partial charge is 0.372 e. The summed E-state index contributed by atoms with van der Waals surface area (Å²) in [6.07, 6.45) is 4.38. The molecule has 0 bridgehead atoms. The highest BCUT2D eigenvalue weighted by Gasteiger charge is 2.15. The van der Waals surface area contributed by atoms with E-state index in [-0.39, 0.29) is 0 Å². The molecule has 1 aliphatic heterocycles. The first-order chi connectivity index (χ1) is 6.81. The van der Waals surface area contributed by atoms with Crippen LogP contribution in [-0.4, -0.2) is 30.1 Å². The third kappa shape index (κ3) is 1.92. The second-order valence-corrected chi connectivity index (χ2v) is 4.47. The van der Waals surface area contributed by atoms with E-state index in [0.29, 0.717) is 0 Å². The molecular formula is C9H13IN4. The zero-order valence-electron chi connectivity index (χ0n) is 8.13. The third-order valence-electron chi connectivity index (χ3n) is 2.36. The minimum atomic E-state index is 0.854. The van der Waals surface area contributed by atoms with Gasteiger partial charge in [0, 0.05) is 26.3 Å². The number of rotatable bonds is 2. The number of aromatic nitrogens is 2. The Bertz CT molecular complexity index is 323. The van der Waals surface area contributed by atoms with Gasteiger partial charge in [-0.1, -0.05) is 0 Å². The fourth-order valence-electron chi connectivity index (χ4n) is 1.60. The highest BCUT2D eigenvalue weighted by atomic mass is 127. The highest BCUT2D eigenvalue weighted by Crippen LogP contribution is 2.20. The Morgan fingerprint density at radius 1 is 1.43 bits per heavy atom. The number of halogens is 1. The molecular weight excluding hydrogens is 291 g/mol. The van der Waals surface area contributed by atoms with Gasteiger partial charge in [0.25, 0.3) is 0 Å². The van der Waals surface area contributed by atoms with Crippen molar-refractivity contribution in [2.24, 2.45) is 0 Å². The quantitative estimate of drug-likeness (QED) is 0.845. The van der Waals surface area contributed by atoms with Gasteiger partial charge < -0.3 is 10.2 Å². The molecule has 76 valence electrons. The Kier molecular flexibility index (Phi) is 3.05. The van der Waals surface area contributed by atoms with Gasteiger partial charge in [0.05, 0.1) is 3.57 Å². The standard InChI is InChI=1S/C9H13IN4/c1-11-8-7(10)6-12-9(13-8)14-4-2-3-5-14/h6H,2-5H2,1H3,(H,11,12,13). The molecule has 0 aliphatic carbocycles. The summed E-state index contributed by atoms with van der Waals surface area (Å²) in [4.78, 5) is 11.0. The number of hydrogen-bond donors (Lipinski definition) is 1. The van der Waals surface area contributed by atoms with Gasteiger partial charge in [-0.05, 0) is 35.4 Å². The van der Waals surface area contributed by atoms with Gasteiger partial charge in [0.2, 0.25) is 5.95 Å². The molecule has 4 nitrogen and oxygen atoms in total. The van der Waals surface area contributed by atoms with E-state index in [4.69, 9.17) is 0 Å². The lowest BCUT2D eigenvalue weighted by molar-refractivity contribution is 0.897. The molecule has 1 aliphatic rings. The molecule has 1 aromatic heterocycles. The molecule has 14 heavy (non-hydrogen) atoms. The average Bonchev–Trinajstić information content (AvgIpc) is 2.71. The van der Waals surface area contributed by atoms with Crippen molar-refractivity contribution in [2.75, 3.05) is 30.4 Å². The summed E-state index contributed by atoms with van der Waals surface area (Å²) in [5.74, 6) is 1.77. The molecule has 1 aromatic rings. The topological polar surface area (TPSA) is 41.1 Å². The van der Waals surface area contributed by atoms with Crippen LogP contribution in [0.15, 0.2) is 6.20 Å². The summed E-state index contributed by atoms with van der Waals surface area (Å²) < 4.78 is 1.06. The van der Waals surface area contributed by atoms with Crippen molar-refractivity contribution in [1.29, 1.82) is 0 Å². The molecule has 0 aromatic carbocycles. The van der Waals surface area contributed by atoms with Crippen LogP contribution in [0.2, 0.25) is 0 Å². The molecule has 0 unspecified atom stereocenters. The van der Waals surface area contributed by atoms with Gasteiger partial charge >= 0.3 is 0 Å². The van der Waals surface area contributed by atoms with E-state index in [0.717, 1.165) is 28.4 Å². The van der Waals surface area contributed by atoms with Crippen LogP contribution in [-0.2, 0) is 0 Å². The Morgan fingerprint density at radius 3 is 2.79 bits per heavy atom. The van der Waals surface area contributed by atoms with Crippen LogP contribution in [0.25, 0.3) is 0 Å². The van der Waals surface area contributed by atoms with Crippen molar-refractivity contribution in [3.8, 4) is 0 Å². The maximum absolute atomic E-state index is 4.47. The van der Waals surface area contributed by atoms with Crippen molar-refractivity contribution in [3.63, 3.8) is 0 Å². The van der Waals surface area contributed by atoms with Gasteiger partial charge in [-0.3, -0.25) is 0 Å². The minimum Gasteiger partial charge on any atom is -0.372 e. The Morgan fingerprint density at radius 2 is 2.14 bits per heavy atom. The van der Waals surface area contributed by atoms with E-state index in [1.807, 2.05) is 13.2 Å². The van der Waals surface area contributed by atoms with E-state index in [1.165, 1.54) is 12.8 Å². The Hall–Kier alpha value is -0.590. The van der Waals surface area contributed by atoms with Crippen LogP contribution >= 0.6 is 22.6 Å². The number of hydrogen-bond acceptors (Lipinski definition) is 4. The smallest absolute Gasteiger partial charge is 0.227 e. The number of nitrogens with one attached hydrogen (secondary N) is 1. The van der Waals surface area contributed by atoms with Gasteiger partial charge in [0.15, 0.2) is 0 Å². The third-order valence-corrected chi connectivity index (χ3v) is 3.15. The van der Waals surface area contributed by atoms with Crippen LogP contribution in [0.5, 0.6) is 0 Å². The second kappa shape index (κ2) is 4.29. The molecule has 0 radical (unpaired) electrons. The molecule has 0 spiro atoms. The lowest BCUT2D eigenvalue weighted by Gasteiger charge is -2.15. The zero-order chi connectivity index (χ0) is 9.97. The summed E-state index contributed by atoms with van der Waals surface area (Å²) in [5, 5.41) is 3.07. The molecule has 5 heteroatoms. The normalized spacial score (nSPS) is 16.0. The van der Waals surface area contributed by atoms with Crippen LogP contribution < -0.4 is 10.2 Å². The summed E-state index contributed by atoms with van der Waals surface area (Å²) >= 11 is 2.23. The second-order valence-electron chi connectivity index (χ2n) is 3.31. The predicted molar refractivity (Wildman–Crippen MR) is 65.7 cm³/mol. The first-order valence-electron chi connectivity index (χ1n) is 4.76. The lowest BCUT2D eigenvalue weighted by atomic mass is 10.4. The van der Waals surface area contributed by atoms with Crippen LogP contribution in [0.4, 0.5) is 11.8 Å². The minimum absolute atomic E-state index is 0.854. The van der Waals surface area contributed by atoms with Crippen molar-refractivity contribution in [3.05, 3.63) is 9.77 Å². The van der Waals surface area contributed by atoms with Gasteiger partial charge in [0.1, 0.15) is 5.82 Å². The molecule has 0 amide bonds. The lowest BCUT2D eigenvalue weighted by Crippen LogP contribution is -2.20. The summed E-state index contributed by atoms with van der Waals surface area (Å²) in [6.45, 7) is 2.17. The van der Waals surface area contributed by atoms with Crippen LogP contribution in [0.1, 0.15) is 12.8 Å². The first-order valence-corrected chi connectivity index (χ1v) is 5.84. The van der Waals surface area contributed by atoms with E-state index in [1.54, 1.807) is 0 Å². The molecule has 1 fully saturated rings. The van der Waals surface area contributed by atoms with E-state index in [9.17, 15) is 0 Å². The number of nitrogens with zero attached hydrogens (tertiary/aromatic N) is 3. The molecule has 1 saturated heterocycles. The van der Waals surface area contributed by atoms with Crippen molar-refractivity contribution in [2.45, 2.75) is 12.8 Å². The molecule has 0 saturated carbocycles. The summed E-state index contributed by atoms with van der Waals surface area (Å²) in [5.41, 5.74) is 0.